The summed E-state index contributed by atoms with van der Waals surface area (Å²) in [6.07, 6.45) is 2.13. The zero-order valence-corrected chi connectivity index (χ0v) is 15.1. The summed E-state index contributed by atoms with van der Waals surface area (Å²) < 4.78 is 0.142. The van der Waals surface area contributed by atoms with Crippen molar-refractivity contribution in [1.82, 2.24) is 0 Å². The van der Waals surface area contributed by atoms with Crippen LogP contribution in [0.1, 0.15) is 59.2 Å². The van der Waals surface area contributed by atoms with Gasteiger partial charge in [-0.15, -0.1) is 0 Å². The molecule has 0 spiro atoms. The Kier molecular flexibility index (Phi) is 5.25. The van der Waals surface area contributed by atoms with E-state index >= 15 is 0 Å². The van der Waals surface area contributed by atoms with Crippen LogP contribution in [0.25, 0.3) is 0 Å². The van der Waals surface area contributed by atoms with E-state index in [1.807, 2.05) is 7.05 Å². The van der Waals surface area contributed by atoms with Crippen molar-refractivity contribution in [2.45, 2.75) is 50.7 Å². The third-order valence-corrected chi connectivity index (χ3v) is 6.01. The van der Waals surface area contributed by atoms with Gasteiger partial charge in [-0.25, -0.2) is 4.79 Å². The first kappa shape index (κ1) is 18.7. The van der Waals surface area contributed by atoms with Gasteiger partial charge in [-0.05, 0) is 31.7 Å². The summed E-state index contributed by atoms with van der Waals surface area (Å²) in [5.41, 5.74) is 0.820. The van der Waals surface area contributed by atoms with Gasteiger partial charge >= 0.3 is 11.9 Å². The molecular weight excluding hydrogens is 334 g/mol. The fourth-order valence-electron chi connectivity index (χ4n) is 4.62. The Morgan fingerprint density at radius 2 is 1.92 bits per heavy atom. The van der Waals surface area contributed by atoms with Gasteiger partial charge in [0.25, 0.3) is 0 Å². The first-order valence-corrected chi connectivity index (χ1v) is 9.29. The monoisotopic (exact) mass is 360 g/mol. The molecule has 26 heavy (non-hydrogen) atoms. The summed E-state index contributed by atoms with van der Waals surface area (Å²) in [5.74, 6) is -1.84. The van der Waals surface area contributed by atoms with Crippen molar-refractivity contribution in [2.75, 3.05) is 13.6 Å². The zero-order valence-electron chi connectivity index (χ0n) is 15.1. The van der Waals surface area contributed by atoms with Crippen LogP contribution in [0.3, 0.4) is 0 Å². The van der Waals surface area contributed by atoms with Gasteiger partial charge in [0, 0.05) is 18.4 Å². The quantitative estimate of drug-likeness (QED) is 0.786. The molecule has 6 heteroatoms. The number of rotatable bonds is 5. The number of benzene rings is 1. The number of piperidine rings is 1. The summed E-state index contributed by atoms with van der Waals surface area (Å²) in [4.78, 5) is 37.3. The molecule has 1 aromatic rings. The first-order chi connectivity index (χ1) is 12.4. The van der Waals surface area contributed by atoms with E-state index < -0.39 is 18.0 Å². The number of Topliss-reactive ketones (excluding diaryl/α,β-unsaturated/α-hetero) is 1. The lowest BCUT2D eigenvalue weighted by Gasteiger charge is -2.44. The molecular formula is C20H26NO5+. The van der Waals surface area contributed by atoms with Gasteiger partial charge in [0.05, 0.1) is 25.3 Å². The molecule has 2 aliphatic heterocycles. The molecule has 4 unspecified atom stereocenters. The third kappa shape index (κ3) is 3.19. The van der Waals surface area contributed by atoms with Crippen molar-refractivity contribution in [2.24, 2.45) is 5.92 Å². The molecule has 2 aliphatic rings. The van der Waals surface area contributed by atoms with Gasteiger partial charge in [-0.3, -0.25) is 14.1 Å². The molecule has 0 saturated carbocycles. The molecule has 0 bridgehead atoms. The molecule has 1 aromatic carbocycles. The van der Waals surface area contributed by atoms with Crippen LogP contribution in [0.2, 0.25) is 0 Å². The average Bonchev–Trinajstić information content (AvgIpc) is 2.68. The Bertz CT molecular complexity index is 731. The largest absolute Gasteiger partial charge is 0.481 e. The molecule has 1 saturated heterocycles. The van der Waals surface area contributed by atoms with Gasteiger partial charge in [0.1, 0.15) is 12.0 Å². The number of amides is 1. The lowest BCUT2D eigenvalue weighted by molar-refractivity contribution is -0.864. The van der Waals surface area contributed by atoms with Gasteiger partial charge < -0.3 is 10.2 Å². The number of carbonyl (C=O) groups is 3. The standard InChI is InChI=1S/C20H25NO5/c1-21-12-5-4-9-15(21)18(16(22)10-6-11-17(23)24)19(25)13-7-2-3-8-14(13)20(21)26/h2-3,7-8,15-16,18,22H,4-6,9-12H2,1H3/p+1. The topological polar surface area (TPSA) is 91.7 Å². The third-order valence-electron chi connectivity index (χ3n) is 6.01. The van der Waals surface area contributed by atoms with Gasteiger partial charge in [0.15, 0.2) is 5.78 Å². The second-order valence-corrected chi connectivity index (χ2v) is 7.65. The maximum Gasteiger partial charge on any atom is 0.346 e. The first-order valence-electron chi connectivity index (χ1n) is 9.29. The van der Waals surface area contributed by atoms with E-state index in [4.69, 9.17) is 5.11 Å². The molecule has 3 rings (SSSR count). The van der Waals surface area contributed by atoms with Crippen molar-refractivity contribution < 1.29 is 29.1 Å². The Morgan fingerprint density at radius 3 is 2.62 bits per heavy atom. The van der Waals surface area contributed by atoms with Gasteiger partial charge in [-0.1, -0.05) is 18.2 Å². The number of ketones is 1. The van der Waals surface area contributed by atoms with Crippen molar-refractivity contribution in [1.29, 1.82) is 0 Å². The zero-order chi connectivity index (χ0) is 18.9. The summed E-state index contributed by atoms with van der Waals surface area (Å²) >= 11 is 0. The minimum Gasteiger partial charge on any atom is -0.481 e. The van der Waals surface area contributed by atoms with Crippen LogP contribution in [0, 0.1) is 5.92 Å². The highest BCUT2D eigenvalue weighted by atomic mass is 16.4. The van der Waals surface area contributed by atoms with E-state index in [-0.39, 0.29) is 35.1 Å². The number of aliphatic carboxylic acids is 1. The maximum absolute atomic E-state index is 13.3. The molecule has 2 heterocycles. The van der Waals surface area contributed by atoms with Crippen LogP contribution >= 0.6 is 0 Å². The highest BCUT2D eigenvalue weighted by molar-refractivity contribution is 6.08. The van der Waals surface area contributed by atoms with E-state index in [1.54, 1.807) is 24.3 Å². The molecule has 1 amide bonds. The van der Waals surface area contributed by atoms with E-state index in [2.05, 4.69) is 0 Å². The number of carboxylic acids is 1. The number of quaternary nitrogens is 1. The van der Waals surface area contributed by atoms with E-state index in [9.17, 15) is 19.5 Å². The molecule has 6 nitrogen and oxygen atoms in total. The number of aliphatic hydroxyl groups excluding tert-OH is 1. The number of fused-ring (bicyclic) bond motifs is 2. The molecule has 2 N–H and O–H groups in total. The second-order valence-electron chi connectivity index (χ2n) is 7.65. The predicted molar refractivity (Wildman–Crippen MR) is 94.8 cm³/mol. The fraction of sp³-hybridized carbons (Fsp3) is 0.550. The van der Waals surface area contributed by atoms with Crippen LogP contribution in [-0.4, -0.2) is 58.1 Å². The molecule has 0 aliphatic carbocycles. The van der Waals surface area contributed by atoms with Crippen molar-refractivity contribution in [3.05, 3.63) is 35.4 Å². The minimum atomic E-state index is -0.943. The number of aliphatic hydroxyl groups is 1. The second kappa shape index (κ2) is 7.29. The Hall–Kier alpha value is -2.05. The SMILES string of the molecule is C[N+]12CCCCC1C(C(O)CCCC(=O)O)C(=O)c1ccccc1C2=O. The number of carboxylic acid groups (broad SMARTS) is 1. The predicted octanol–water partition coefficient (Wildman–Crippen LogP) is 2.25. The lowest BCUT2D eigenvalue weighted by Crippen LogP contribution is -2.62. The number of hydrogen-bond acceptors (Lipinski definition) is 4. The highest BCUT2D eigenvalue weighted by Crippen LogP contribution is 2.39. The molecule has 1 fully saturated rings. The molecule has 4 atom stereocenters. The summed E-state index contributed by atoms with van der Waals surface area (Å²) in [7, 11) is 1.87. The van der Waals surface area contributed by atoms with E-state index in [1.165, 1.54) is 0 Å². The Morgan fingerprint density at radius 1 is 1.23 bits per heavy atom. The van der Waals surface area contributed by atoms with Crippen LogP contribution < -0.4 is 0 Å². The smallest absolute Gasteiger partial charge is 0.346 e. The van der Waals surface area contributed by atoms with Crippen molar-refractivity contribution >= 4 is 17.7 Å². The maximum atomic E-state index is 13.3. The van der Waals surface area contributed by atoms with Crippen LogP contribution in [-0.2, 0) is 4.79 Å². The number of nitrogens with zero attached hydrogens (tertiary/aromatic N) is 1. The summed E-state index contributed by atoms with van der Waals surface area (Å²) in [5, 5.41) is 19.6. The van der Waals surface area contributed by atoms with Crippen LogP contribution in [0.15, 0.2) is 24.3 Å². The van der Waals surface area contributed by atoms with Gasteiger partial charge in [0.2, 0.25) is 0 Å². The van der Waals surface area contributed by atoms with Crippen molar-refractivity contribution in [3.63, 3.8) is 0 Å². The Balaban J connectivity index is 2.00. The minimum absolute atomic E-state index is 0.0374. The fourth-order valence-corrected chi connectivity index (χ4v) is 4.62. The molecule has 0 aromatic heterocycles. The summed E-state index contributed by atoms with van der Waals surface area (Å²) in [6, 6.07) is 6.60. The lowest BCUT2D eigenvalue weighted by atomic mass is 9.80. The van der Waals surface area contributed by atoms with Crippen LogP contribution in [0.4, 0.5) is 0 Å². The molecule has 140 valence electrons. The number of carbonyl (C=O) groups excluding carboxylic acids is 2. The highest BCUT2D eigenvalue weighted by Gasteiger charge is 2.54. The Labute approximate surface area is 153 Å². The van der Waals surface area contributed by atoms with E-state index in [0.717, 1.165) is 12.8 Å². The van der Waals surface area contributed by atoms with Gasteiger partial charge in [-0.2, -0.15) is 0 Å². The number of hydrogen-bond donors (Lipinski definition) is 2. The van der Waals surface area contributed by atoms with E-state index in [0.29, 0.717) is 30.5 Å². The normalized spacial score (nSPS) is 29.5. The summed E-state index contributed by atoms with van der Waals surface area (Å²) in [6.45, 7) is 0.656. The van der Waals surface area contributed by atoms with Crippen LogP contribution in [0.5, 0.6) is 0 Å². The molecule has 0 radical (unpaired) electrons. The van der Waals surface area contributed by atoms with Crippen molar-refractivity contribution in [3.8, 4) is 0 Å². The average molecular weight is 360 g/mol.